The van der Waals surface area contributed by atoms with Crippen LogP contribution < -0.4 is 0 Å². The molecule has 0 bridgehead atoms. The number of carbonyl (C=O) groups excluding carboxylic acids is 2. The van der Waals surface area contributed by atoms with Crippen LogP contribution in [0.1, 0.15) is 54.0 Å². The van der Waals surface area contributed by atoms with Crippen molar-refractivity contribution in [2.45, 2.75) is 34.6 Å². The molecule has 2 aromatic rings. The fourth-order valence-corrected chi connectivity index (χ4v) is 2.00. The molecule has 2 rings (SSSR count). The summed E-state index contributed by atoms with van der Waals surface area (Å²) >= 11 is 0. The van der Waals surface area contributed by atoms with Crippen molar-refractivity contribution in [2.24, 2.45) is 0 Å². The van der Waals surface area contributed by atoms with E-state index < -0.39 is 0 Å². The van der Waals surface area contributed by atoms with E-state index in [1.165, 1.54) is 13.8 Å². The largest absolute Gasteiger partial charge is 0.294 e. The molecule has 0 spiro atoms. The SMILES string of the molecule is CC.CC(=O)c1cc2ccc(C)cc2cc1C(C)=O. The van der Waals surface area contributed by atoms with Crippen LogP contribution in [0.3, 0.4) is 0 Å². The zero-order valence-electron chi connectivity index (χ0n) is 12.2. The minimum absolute atomic E-state index is 0.0707. The second-order valence-corrected chi connectivity index (χ2v) is 4.36. The average Bonchev–Trinajstić information content (AvgIpc) is 2.39. The van der Waals surface area contributed by atoms with E-state index in [4.69, 9.17) is 0 Å². The van der Waals surface area contributed by atoms with Crippen molar-refractivity contribution in [2.75, 3.05) is 0 Å². The van der Waals surface area contributed by atoms with Crippen molar-refractivity contribution in [3.8, 4) is 0 Å². The first kappa shape index (κ1) is 15.1. The summed E-state index contributed by atoms with van der Waals surface area (Å²) in [6.07, 6.45) is 0. The van der Waals surface area contributed by atoms with Gasteiger partial charge in [0.05, 0.1) is 0 Å². The van der Waals surface area contributed by atoms with Crippen LogP contribution in [0.4, 0.5) is 0 Å². The predicted octanol–water partition coefficient (Wildman–Crippen LogP) is 4.58. The van der Waals surface area contributed by atoms with Gasteiger partial charge in [-0.1, -0.05) is 37.6 Å². The topological polar surface area (TPSA) is 34.1 Å². The number of hydrogen-bond acceptors (Lipinski definition) is 2. The summed E-state index contributed by atoms with van der Waals surface area (Å²) in [6.45, 7) is 8.98. The van der Waals surface area contributed by atoms with Gasteiger partial charge in [-0.3, -0.25) is 9.59 Å². The Morgan fingerprint density at radius 3 is 1.74 bits per heavy atom. The molecule has 2 aromatic carbocycles. The summed E-state index contributed by atoms with van der Waals surface area (Å²) in [5, 5.41) is 1.99. The maximum atomic E-state index is 11.5. The quantitative estimate of drug-likeness (QED) is 0.737. The van der Waals surface area contributed by atoms with E-state index in [1.54, 1.807) is 12.1 Å². The van der Waals surface area contributed by atoms with E-state index in [2.05, 4.69) is 0 Å². The second-order valence-electron chi connectivity index (χ2n) is 4.36. The number of hydrogen-bond donors (Lipinski definition) is 0. The zero-order valence-corrected chi connectivity index (χ0v) is 12.2. The minimum Gasteiger partial charge on any atom is -0.294 e. The summed E-state index contributed by atoms with van der Waals surface area (Å²) in [6, 6.07) is 9.60. The van der Waals surface area contributed by atoms with Crippen LogP contribution in [0.25, 0.3) is 10.8 Å². The van der Waals surface area contributed by atoms with E-state index in [0.29, 0.717) is 11.1 Å². The number of ketones is 2. The third kappa shape index (κ3) is 3.28. The van der Waals surface area contributed by atoms with Crippen LogP contribution >= 0.6 is 0 Å². The summed E-state index contributed by atoms with van der Waals surface area (Å²) in [5.41, 5.74) is 2.16. The van der Waals surface area contributed by atoms with E-state index in [1.807, 2.05) is 39.0 Å². The van der Waals surface area contributed by atoms with Crippen molar-refractivity contribution in [1.29, 1.82) is 0 Å². The van der Waals surface area contributed by atoms with Crippen molar-refractivity contribution in [3.63, 3.8) is 0 Å². The number of aryl methyl sites for hydroxylation is 1. The highest BCUT2D eigenvalue weighted by molar-refractivity contribution is 6.10. The summed E-state index contributed by atoms with van der Waals surface area (Å²) in [4.78, 5) is 23.1. The van der Waals surface area contributed by atoms with Crippen molar-refractivity contribution in [1.82, 2.24) is 0 Å². The number of Topliss-reactive ketones (excluding diaryl/α,β-unsaturated/α-hetero) is 2. The third-order valence-electron chi connectivity index (χ3n) is 2.89. The normalized spacial score (nSPS) is 9.74. The smallest absolute Gasteiger partial charge is 0.160 e. The van der Waals surface area contributed by atoms with Gasteiger partial charge < -0.3 is 0 Å². The highest BCUT2D eigenvalue weighted by Crippen LogP contribution is 2.22. The molecular formula is C17H20O2. The number of benzene rings is 2. The first-order valence-electron chi connectivity index (χ1n) is 6.55. The maximum Gasteiger partial charge on any atom is 0.160 e. The lowest BCUT2D eigenvalue weighted by Crippen LogP contribution is -2.04. The van der Waals surface area contributed by atoms with Crippen LogP contribution in [-0.4, -0.2) is 11.6 Å². The van der Waals surface area contributed by atoms with E-state index in [9.17, 15) is 9.59 Å². The second kappa shape index (κ2) is 6.28. The first-order valence-corrected chi connectivity index (χ1v) is 6.55. The van der Waals surface area contributed by atoms with E-state index in [-0.39, 0.29) is 11.6 Å². The number of rotatable bonds is 2. The van der Waals surface area contributed by atoms with E-state index >= 15 is 0 Å². The lowest BCUT2D eigenvalue weighted by Gasteiger charge is -2.07. The fraction of sp³-hybridized carbons (Fsp3) is 0.294. The van der Waals surface area contributed by atoms with Gasteiger partial charge in [-0.15, -0.1) is 0 Å². The highest BCUT2D eigenvalue weighted by Gasteiger charge is 2.12. The molecule has 0 fully saturated rings. The minimum atomic E-state index is -0.0716. The van der Waals surface area contributed by atoms with Crippen molar-refractivity contribution < 1.29 is 9.59 Å². The molecule has 19 heavy (non-hydrogen) atoms. The van der Waals surface area contributed by atoms with Crippen LogP contribution in [0.2, 0.25) is 0 Å². The maximum absolute atomic E-state index is 11.5. The Balaban J connectivity index is 0.000000861. The molecular weight excluding hydrogens is 236 g/mol. The molecule has 100 valence electrons. The molecule has 0 radical (unpaired) electrons. The average molecular weight is 256 g/mol. The fourth-order valence-electron chi connectivity index (χ4n) is 2.00. The molecule has 2 heteroatoms. The summed E-state index contributed by atoms with van der Waals surface area (Å²) in [5.74, 6) is -0.142. The molecule has 0 amide bonds. The first-order chi connectivity index (χ1) is 8.99. The van der Waals surface area contributed by atoms with Gasteiger partial charge >= 0.3 is 0 Å². The Bertz CT molecular complexity index is 624. The zero-order chi connectivity index (χ0) is 14.6. The van der Waals surface area contributed by atoms with Gasteiger partial charge in [0.15, 0.2) is 11.6 Å². The molecule has 0 N–H and O–H groups in total. The van der Waals surface area contributed by atoms with Gasteiger partial charge in [0.1, 0.15) is 0 Å². The van der Waals surface area contributed by atoms with Crippen LogP contribution in [0, 0.1) is 6.92 Å². The van der Waals surface area contributed by atoms with Gasteiger partial charge in [-0.25, -0.2) is 0 Å². The van der Waals surface area contributed by atoms with Gasteiger partial charge in [0.2, 0.25) is 0 Å². The molecule has 0 unspecified atom stereocenters. The molecule has 0 aromatic heterocycles. The molecule has 0 aliphatic rings. The van der Waals surface area contributed by atoms with Gasteiger partial charge in [-0.05, 0) is 43.7 Å². The number of carbonyl (C=O) groups is 2. The monoisotopic (exact) mass is 256 g/mol. The summed E-state index contributed by atoms with van der Waals surface area (Å²) in [7, 11) is 0. The van der Waals surface area contributed by atoms with Gasteiger partial charge in [-0.2, -0.15) is 0 Å². The third-order valence-corrected chi connectivity index (χ3v) is 2.89. The molecule has 0 aliphatic carbocycles. The molecule has 0 saturated heterocycles. The molecule has 2 nitrogen and oxygen atoms in total. The molecule has 0 aliphatic heterocycles. The lowest BCUT2D eigenvalue weighted by molar-refractivity contribution is 0.0981. The van der Waals surface area contributed by atoms with Gasteiger partial charge in [0.25, 0.3) is 0 Å². The summed E-state index contributed by atoms with van der Waals surface area (Å²) < 4.78 is 0. The van der Waals surface area contributed by atoms with Crippen molar-refractivity contribution in [3.05, 3.63) is 47.0 Å². The predicted molar refractivity (Wildman–Crippen MR) is 80.0 cm³/mol. The van der Waals surface area contributed by atoms with E-state index in [0.717, 1.165) is 16.3 Å². The van der Waals surface area contributed by atoms with Crippen LogP contribution in [0.15, 0.2) is 30.3 Å². The van der Waals surface area contributed by atoms with Crippen molar-refractivity contribution >= 4 is 22.3 Å². The van der Waals surface area contributed by atoms with Gasteiger partial charge in [0, 0.05) is 11.1 Å². The Morgan fingerprint density at radius 1 is 0.789 bits per heavy atom. The highest BCUT2D eigenvalue weighted by atomic mass is 16.1. The standard InChI is InChI=1S/C15H14O2.C2H6/c1-9-4-5-12-7-14(10(2)16)15(11(3)17)8-13(12)6-9;1-2/h4-8H,1-3H3;1-2H3. The Kier molecular flexibility index (Phi) is 4.99. The Hall–Kier alpha value is -1.96. The lowest BCUT2D eigenvalue weighted by atomic mass is 9.96. The Labute approximate surface area is 114 Å². The molecule has 0 saturated carbocycles. The Morgan fingerprint density at radius 2 is 1.26 bits per heavy atom. The number of fused-ring (bicyclic) bond motifs is 1. The molecule has 0 atom stereocenters. The molecule has 0 heterocycles. The van der Waals surface area contributed by atoms with Crippen LogP contribution in [-0.2, 0) is 0 Å². The van der Waals surface area contributed by atoms with Crippen LogP contribution in [0.5, 0.6) is 0 Å².